The second-order valence-electron chi connectivity index (χ2n) is 5.65. The molecule has 0 unspecified atom stereocenters. The molecular weight excluding hydrogens is 299 g/mol. The zero-order valence-electron chi connectivity index (χ0n) is 13.4. The van der Waals surface area contributed by atoms with Crippen molar-refractivity contribution in [3.05, 3.63) is 29.6 Å². The number of rotatable bonds is 6. The van der Waals surface area contributed by atoms with E-state index < -0.39 is 5.82 Å². The zero-order valence-corrected chi connectivity index (χ0v) is 13.4. The molecule has 2 rings (SSSR count). The molecule has 0 spiro atoms. The van der Waals surface area contributed by atoms with E-state index in [-0.39, 0.29) is 17.4 Å². The minimum Gasteiger partial charge on any atom is -0.496 e. The number of nitrogens with one attached hydrogen (secondary N) is 1. The largest absolute Gasteiger partial charge is 0.496 e. The van der Waals surface area contributed by atoms with E-state index in [1.54, 1.807) is 0 Å². The van der Waals surface area contributed by atoms with Crippen molar-refractivity contribution in [2.45, 2.75) is 32.1 Å². The van der Waals surface area contributed by atoms with Crippen LogP contribution in [-0.2, 0) is 4.79 Å². The van der Waals surface area contributed by atoms with Gasteiger partial charge in [-0.25, -0.2) is 4.39 Å². The molecule has 0 aliphatic carbocycles. The van der Waals surface area contributed by atoms with Gasteiger partial charge in [0, 0.05) is 26.1 Å². The molecular formula is C17H23FN2O3. The average molecular weight is 322 g/mol. The Bertz CT molecular complexity index is 563. The number of methoxy groups -OCH3 is 1. The lowest BCUT2D eigenvalue weighted by Crippen LogP contribution is -2.34. The lowest BCUT2D eigenvalue weighted by atomic mass is 10.2. The van der Waals surface area contributed by atoms with E-state index in [0.717, 1.165) is 31.9 Å². The molecule has 1 saturated heterocycles. The number of likely N-dealkylation sites (tertiary alicyclic amines) is 1. The molecule has 0 saturated carbocycles. The Morgan fingerprint density at radius 3 is 2.96 bits per heavy atom. The number of nitrogens with zero attached hydrogens (tertiary/aromatic N) is 1. The molecule has 1 heterocycles. The number of halogens is 1. The fourth-order valence-electron chi connectivity index (χ4n) is 2.70. The third-order valence-electron chi connectivity index (χ3n) is 3.97. The Morgan fingerprint density at radius 2 is 2.17 bits per heavy atom. The molecule has 1 N–H and O–H groups in total. The topological polar surface area (TPSA) is 58.6 Å². The van der Waals surface area contributed by atoms with Crippen LogP contribution < -0.4 is 10.1 Å². The Balaban J connectivity index is 1.81. The summed E-state index contributed by atoms with van der Waals surface area (Å²) in [7, 11) is 1.44. The van der Waals surface area contributed by atoms with Crippen LogP contribution in [0.2, 0.25) is 0 Å². The van der Waals surface area contributed by atoms with Gasteiger partial charge in [0.05, 0.1) is 12.7 Å². The number of hydrogen-bond acceptors (Lipinski definition) is 3. The summed E-state index contributed by atoms with van der Waals surface area (Å²) in [6.45, 7) is 1.87. The van der Waals surface area contributed by atoms with E-state index in [1.807, 2.05) is 4.90 Å². The molecule has 1 aliphatic rings. The van der Waals surface area contributed by atoms with Crippen LogP contribution >= 0.6 is 0 Å². The fraction of sp³-hybridized carbons (Fsp3) is 0.529. The first-order valence-electron chi connectivity index (χ1n) is 8.01. The number of carbonyl (C=O) groups is 2. The Hall–Kier alpha value is -2.11. The molecule has 5 nitrogen and oxygen atoms in total. The smallest absolute Gasteiger partial charge is 0.255 e. The number of amides is 2. The summed E-state index contributed by atoms with van der Waals surface area (Å²) in [6.07, 6.45) is 4.39. The van der Waals surface area contributed by atoms with E-state index in [9.17, 15) is 14.0 Å². The first-order chi connectivity index (χ1) is 11.1. The van der Waals surface area contributed by atoms with Gasteiger partial charge in [0.25, 0.3) is 5.91 Å². The molecule has 1 aromatic rings. The SMILES string of the molecule is COc1ccc(F)cc1C(=O)NCCCN1CCCCCC1=O. The molecule has 2 amide bonds. The summed E-state index contributed by atoms with van der Waals surface area (Å²) >= 11 is 0. The first kappa shape index (κ1) is 17.2. The Morgan fingerprint density at radius 1 is 1.35 bits per heavy atom. The number of benzene rings is 1. The lowest BCUT2D eigenvalue weighted by Gasteiger charge is -2.20. The predicted molar refractivity (Wildman–Crippen MR) is 85.0 cm³/mol. The molecule has 23 heavy (non-hydrogen) atoms. The maximum Gasteiger partial charge on any atom is 0.255 e. The van der Waals surface area contributed by atoms with Gasteiger partial charge in [0.1, 0.15) is 11.6 Å². The summed E-state index contributed by atoms with van der Waals surface area (Å²) in [6, 6.07) is 3.84. The standard InChI is InChI=1S/C17H23FN2O3/c1-23-15-8-7-13(18)12-14(15)17(22)19-9-5-11-20-10-4-2-3-6-16(20)21/h7-8,12H,2-6,9-11H2,1H3,(H,19,22). The van der Waals surface area contributed by atoms with Gasteiger partial charge in [-0.15, -0.1) is 0 Å². The average Bonchev–Trinajstić information content (AvgIpc) is 2.76. The van der Waals surface area contributed by atoms with E-state index >= 15 is 0 Å². The highest BCUT2D eigenvalue weighted by Gasteiger charge is 2.16. The van der Waals surface area contributed by atoms with Gasteiger partial charge in [-0.05, 0) is 37.5 Å². The molecule has 1 aromatic carbocycles. The van der Waals surface area contributed by atoms with Crippen LogP contribution in [0.15, 0.2) is 18.2 Å². The van der Waals surface area contributed by atoms with Gasteiger partial charge >= 0.3 is 0 Å². The molecule has 0 atom stereocenters. The summed E-state index contributed by atoms with van der Waals surface area (Å²) in [5.41, 5.74) is 0.179. The molecule has 0 aromatic heterocycles. The Kier molecular flexibility index (Phi) is 6.38. The highest BCUT2D eigenvalue weighted by Crippen LogP contribution is 2.19. The molecule has 6 heteroatoms. The van der Waals surface area contributed by atoms with Crippen LogP contribution in [0.4, 0.5) is 4.39 Å². The monoisotopic (exact) mass is 322 g/mol. The molecule has 0 bridgehead atoms. The van der Waals surface area contributed by atoms with Crippen LogP contribution in [0.25, 0.3) is 0 Å². The first-order valence-corrected chi connectivity index (χ1v) is 8.01. The normalized spacial score (nSPS) is 15.2. The van der Waals surface area contributed by atoms with E-state index in [4.69, 9.17) is 4.74 Å². The predicted octanol–water partition coefficient (Wildman–Crippen LogP) is 2.36. The molecule has 0 radical (unpaired) electrons. The second kappa shape index (κ2) is 8.50. The summed E-state index contributed by atoms with van der Waals surface area (Å²) < 4.78 is 18.3. The van der Waals surface area contributed by atoms with E-state index in [1.165, 1.54) is 19.2 Å². The van der Waals surface area contributed by atoms with E-state index in [2.05, 4.69) is 5.32 Å². The van der Waals surface area contributed by atoms with Gasteiger partial charge < -0.3 is 15.0 Å². The number of carbonyl (C=O) groups excluding carboxylic acids is 2. The van der Waals surface area contributed by atoms with Crippen molar-refractivity contribution in [3.63, 3.8) is 0 Å². The number of hydrogen-bond donors (Lipinski definition) is 1. The van der Waals surface area contributed by atoms with Crippen molar-refractivity contribution >= 4 is 11.8 Å². The van der Waals surface area contributed by atoms with Gasteiger partial charge in [0.2, 0.25) is 5.91 Å². The highest BCUT2D eigenvalue weighted by molar-refractivity contribution is 5.96. The fourth-order valence-corrected chi connectivity index (χ4v) is 2.70. The molecule has 1 aliphatic heterocycles. The van der Waals surface area contributed by atoms with E-state index in [0.29, 0.717) is 31.7 Å². The van der Waals surface area contributed by atoms with Crippen LogP contribution in [0, 0.1) is 5.82 Å². The van der Waals surface area contributed by atoms with Crippen molar-refractivity contribution in [2.75, 3.05) is 26.7 Å². The third kappa shape index (κ3) is 4.94. The number of ether oxygens (including phenoxy) is 1. The molecule has 126 valence electrons. The minimum absolute atomic E-state index is 0.179. The van der Waals surface area contributed by atoms with Crippen LogP contribution in [0.3, 0.4) is 0 Å². The summed E-state index contributed by atoms with van der Waals surface area (Å²) in [5, 5.41) is 2.75. The van der Waals surface area contributed by atoms with Crippen molar-refractivity contribution in [2.24, 2.45) is 0 Å². The maximum atomic E-state index is 13.3. The van der Waals surface area contributed by atoms with Crippen LogP contribution in [0.5, 0.6) is 5.75 Å². The summed E-state index contributed by atoms with van der Waals surface area (Å²) in [5.74, 6) is -0.318. The highest BCUT2D eigenvalue weighted by atomic mass is 19.1. The molecule has 1 fully saturated rings. The quantitative estimate of drug-likeness (QED) is 0.818. The Labute approximate surface area is 135 Å². The van der Waals surface area contributed by atoms with Gasteiger partial charge in [-0.1, -0.05) is 6.42 Å². The van der Waals surface area contributed by atoms with Crippen molar-refractivity contribution in [1.82, 2.24) is 10.2 Å². The van der Waals surface area contributed by atoms with Gasteiger partial charge in [-0.2, -0.15) is 0 Å². The summed E-state index contributed by atoms with van der Waals surface area (Å²) in [4.78, 5) is 25.8. The maximum absolute atomic E-state index is 13.3. The lowest BCUT2D eigenvalue weighted by molar-refractivity contribution is -0.130. The minimum atomic E-state index is -0.480. The van der Waals surface area contributed by atoms with Crippen molar-refractivity contribution in [1.29, 1.82) is 0 Å². The van der Waals surface area contributed by atoms with Gasteiger partial charge in [0.15, 0.2) is 0 Å². The van der Waals surface area contributed by atoms with Gasteiger partial charge in [-0.3, -0.25) is 9.59 Å². The van der Waals surface area contributed by atoms with Crippen molar-refractivity contribution < 1.29 is 18.7 Å². The van der Waals surface area contributed by atoms with Crippen molar-refractivity contribution in [3.8, 4) is 5.75 Å². The second-order valence-corrected chi connectivity index (χ2v) is 5.65. The van der Waals surface area contributed by atoms with Crippen LogP contribution in [0.1, 0.15) is 42.5 Å². The van der Waals surface area contributed by atoms with Crippen LogP contribution in [-0.4, -0.2) is 43.5 Å². The third-order valence-corrected chi connectivity index (χ3v) is 3.97. The zero-order chi connectivity index (χ0) is 16.7.